The van der Waals surface area contributed by atoms with Crippen LogP contribution in [0.25, 0.3) is 11.0 Å². The molecule has 1 aromatic carbocycles. The van der Waals surface area contributed by atoms with E-state index in [0.29, 0.717) is 17.3 Å². The lowest BCUT2D eigenvalue weighted by atomic mass is 9.95. The van der Waals surface area contributed by atoms with Crippen molar-refractivity contribution in [3.05, 3.63) is 45.3 Å². The Morgan fingerprint density at radius 2 is 2.17 bits per heavy atom. The van der Waals surface area contributed by atoms with Crippen molar-refractivity contribution < 1.29 is 4.42 Å². The summed E-state index contributed by atoms with van der Waals surface area (Å²) in [5.41, 5.74) is 3.86. The fourth-order valence-electron chi connectivity index (χ4n) is 2.89. The Morgan fingerprint density at radius 3 is 2.87 bits per heavy atom. The Balaban J connectivity index is 1.99. The fourth-order valence-corrected chi connectivity index (χ4v) is 3.80. The molecule has 122 valence electrons. The monoisotopic (exact) mass is 330 g/mol. The third kappa shape index (κ3) is 3.61. The Kier molecular flexibility index (Phi) is 4.76. The first kappa shape index (κ1) is 16.1. The summed E-state index contributed by atoms with van der Waals surface area (Å²) in [7, 11) is 0. The molecule has 5 heteroatoms. The number of nitrogens with one attached hydrogen (secondary N) is 1. The molecular weight excluding hydrogens is 308 g/mol. The molecule has 0 saturated carbocycles. The molecule has 1 aliphatic rings. The van der Waals surface area contributed by atoms with Gasteiger partial charge in [0.25, 0.3) is 0 Å². The van der Waals surface area contributed by atoms with E-state index in [2.05, 4.69) is 37.1 Å². The number of amidine groups is 1. The second kappa shape index (κ2) is 6.79. The van der Waals surface area contributed by atoms with E-state index in [0.717, 1.165) is 35.6 Å². The van der Waals surface area contributed by atoms with Crippen LogP contribution in [0.4, 0.5) is 0 Å². The molecule has 0 fully saturated rings. The van der Waals surface area contributed by atoms with E-state index in [1.165, 1.54) is 11.1 Å². The number of hydrogen-bond donors (Lipinski definition) is 1. The van der Waals surface area contributed by atoms with E-state index >= 15 is 0 Å². The van der Waals surface area contributed by atoms with E-state index in [4.69, 9.17) is 4.42 Å². The maximum atomic E-state index is 11.9. The maximum absolute atomic E-state index is 11.9. The normalized spacial score (nSPS) is 14.9. The summed E-state index contributed by atoms with van der Waals surface area (Å²) in [4.78, 5) is 16.3. The molecule has 2 aromatic rings. The minimum absolute atomic E-state index is 0.289. The Hall–Kier alpha value is -1.75. The number of benzene rings is 1. The van der Waals surface area contributed by atoms with Gasteiger partial charge in [0.05, 0.1) is 0 Å². The van der Waals surface area contributed by atoms with Crippen LogP contribution in [0, 0.1) is 6.92 Å². The second-order valence-electron chi connectivity index (χ2n) is 6.21. The zero-order valence-electron chi connectivity index (χ0n) is 13.8. The molecule has 0 radical (unpaired) electrons. The van der Waals surface area contributed by atoms with Crippen LogP contribution in [-0.2, 0) is 5.75 Å². The quantitative estimate of drug-likeness (QED) is 0.870. The van der Waals surface area contributed by atoms with Crippen molar-refractivity contribution in [1.82, 2.24) is 5.32 Å². The Bertz CT molecular complexity index is 809. The van der Waals surface area contributed by atoms with Crippen molar-refractivity contribution in [2.45, 2.75) is 38.9 Å². The van der Waals surface area contributed by atoms with Crippen LogP contribution in [0.5, 0.6) is 0 Å². The zero-order chi connectivity index (χ0) is 16.4. The number of thioether (sulfide) groups is 1. The summed E-state index contributed by atoms with van der Waals surface area (Å²) in [6, 6.07) is 5.76. The molecule has 0 unspecified atom stereocenters. The highest BCUT2D eigenvalue weighted by atomic mass is 32.2. The smallest absolute Gasteiger partial charge is 0.336 e. The number of fused-ring (bicyclic) bond motifs is 1. The predicted octanol–water partition coefficient (Wildman–Crippen LogP) is 3.81. The van der Waals surface area contributed by atoms with Crippen LogP contribution < -0.4 is 10.9 Å². The lowest BCUT2D eigenvalue weighted by Crippen LogP contribution is -2.26. The average molecular weight is 330 g/mol. The molecule has 1 aliphatic heterocycles. The Morgan fingerprint density at radius 1 is 1.35 bits per heavy atom. The van der Waals surface area contributed by atoms with Crippen molar-refractivity contribution in [1.29, 1.82) is 0 Å². The molecule has 3 rings (SSSR count). The standard InChI is InChI=1S/C18H22N2O2S/c1-11(2)14-9-15-13(10-23-18-19-5-4-6-20-18)8-17(21)22-16(15)7-12(14)3/h7-9,11H,4-6,10H2,1-3H3,(H,19,20). The van der Waals surface area contributed by atoms with Gasteiger partial charge in [0, 0.05) is 30.3 Å². The topological polar surface area (TPSA) is 54.6 Å². The van der Waals surface area contributed by atoms with Crippen molar-refractivity contribution in [3.8, 4) is 0 Å². The van der Waals surface area contributed by atoms with Crippen molar-refractivity contribution in [3.63, 3.8) is 0 Å². The molecule has 0 bridgehead atoms. The summed E-state index contributed by atoms with van der Waals surface area (Å²) >= 11 is 1.65. The molecule has 2 heterocycles. The van der Waals surface area contributed by atoms with Gasteiger partial charge >= 0.3 is 5.63 Å². The largest absolute Gasteiger partial charge is 0.423 e. The number of hydrogen-bond acceptors (Lipinski definition) is 5. The SMILES string of the molecule is Cc1cc2oc(=O)cc(CSC3=NCCCN3)c2cc1C(C)C. The number of aliphatic imine (C=N–C) groups is 1. The highest BCUT2D eigenvalue weighted by Gasteiger charge is 2.13. The summed E-state index contributed by atoms with van der Waals surface area (Å²) < 4.78 is 5.40. The molecule has 0 atom stereocenters. The molecule has 1 N–H and O–H groups in total. The minimum Gasteiger partial charge on any atom is -0.423 e. The van der Waals surface area contributed by atoms with E-state index in [-0.39, 0.29) is 5.63 Å². The van der Waals surface area contributed by atoms with Crippen LogP contribution in [-0.4, -0.2) is 18.3 Å². The van der Waals surface area contributed by atoms with E-state index in [9.17, 15) is 4.79 Å². The Labute approximate surface area is 140 Å². The molecular formula is C18H22N2O2S. The molecule has 4 nitrogen and oxygen atoms in total. The van der Waals surface area contributed by atoms with Crippen LogP contribution in [0.3, 0.4) is 0 Å². The fraction of sp³-hybridized carbons (Fsp3) is 0.444. The molecule has 23 heavy (non-hydrogen) atoms. The van der Waals surface area contributed by atoms with Gasteiger partial charge in [-0.15, -0.1) is 0 Å². The number of nitrogens with zero attached hydrogens (tertiary/aromatic N) is 1. The number of rotatable bonds is 3. The third-order valence-corrected chi connectivity index (χ3v) is 5.07. The zero-order valence-corrected chi connectivity index (χ0v) is 14.6. The van der Waals surface area contributed by atoms with Gasteiger partial charge in [-0.1, -0.05) is 25.6 Å². The van der Waals surface area contributed by atoms with Gasteiger partial charge in [-0.05, 0) is 48.1 Å². The van der Waals surface area contributed by atoms with Crippen LogP contribution in [0.15, 0.2) is 32.4 Å². The van der Waals surface area contributed by atoms with Gasteiger partial charge in [-0.3, -0.25) is 4.99 Å². The van der Waals surface area contributed by atoms with E-state index in [1.807, 2.05) is 6.07 Å². The lowest BCUT2D eigenvalue weighted by molar-refractivity contribution is 0.559. The maximum Gasteiger partial charge on any atom is 0.336 e. The third-order valence-electron chi connectivity index (χ3n) is 4.07. The molecule has 1 aromatic heterocycles. The second-order valence-corrected chi connectivity index (χ2v) is 7.17. The summed E-state index contributed by atoms with van der Waals surface area (Å²) in [5.74, 6) is 1.16. The van der Waals surface area contributed by atoms with Crippen molar-refractivity contribution >= 4 is 27.9 Å². The van der Waals surface area contributed by atoms with Gasteiger partial charge in [0.15, 0.2) is 5.17 Å². The van der Waals surface area contributed by atoms with Crippen LogP contribution in [0.1, 0.15) is 42.9 Å². The first-order valence-electron chi connectivity index (χ1n) is 8.03. The average Bonchev–Trinajstić information content (AvgIpc) is 2.52. The van der Waals surface area contributed by atoms with Crippen molar-refractivity contribution in [2.24, 2.45) is 4.99 Å². The summed E-state index contributed by atoms with van der Waals surface area (Å²) in [6.07, 6.45) is 1.08. The predicted molar refractivity (Wildman–Crippen MR) is 97.5 cm³/mol. The van der Waals surface area contributed by atoms with E-state index in [1.54, 1.807) is 17.8 Å². The highest BCUT2D eigenvalue weighted by Crippen LogP contribution is 2.28. The minimum atomic E-state index is -0.289. The summed E-state index contributed by atoms with van der Waals surface area (Å²) in [6.45, 7) is 8.28. The summed E-state index contributed by atoms with van der Waals surface area (Å²) in [5, 5.41) is 5.30. The molecule has 0 saturated heterocycles. The number of aryl methyl sites for hydroxylation is 1. The van der Waals surface area contributed by atoms with Crippen LogP contribution >= 0.6 is 11.8 Å². The molecule has 0 spiro atoms. The first-order chi connectivity index (χ1) is 11.0. The van der Waals surface area contributed by atoms with Gasteiger partial charge in [0.2, 0.25) is 0 Å². The van der Waals surface area contributed by atoms with Gasteiger partial charge in [-0.2, -0.15) is 0 Å². The first-order valence-corrected chi connectivity index (χ1v) is 9.01. The van der Waals surface area contributed by atoms with Gasteiger partial charge in [-0.25, -0.2) is 4.79 Å². The van der Waals surface area contributed by atoms with Crippen LogP contribution in [0.2, 0.25) is 0 Å². The van der Waals surface area contributed by atoms with Crippen molar-refractivity contribution in [2.75, 3.05) is 13.1 Å². The molecule has 0 amide bonds. The lowest BCUT2D eigenvalue weighted by Gasteiger charge is -2.15. The highest BCUT2D eigenvalue weighted by molar-refractivity contribution is 8.13. The van der Waals surface area contributed by atoms with E-state index < -0.39 is 0 Å². The molecule has 0 aliphatic carbocycles. The van der Waals surface area contributed by atoms with Gasteiger partial charge in [0.1, 0.15) is 5.58 Å². The van der Waals surface area contributed by atoms with Gasteiger partial charge < -0.3 is 9.73 Å².